The van der Waals surface area contributed by atoms with Crippen LogP contribution in [0.3, 0.4) is 0 Å². The van der Waals surface area contributed by atoms with Crippen LogP contribution in [0, 0.1) is 0 Å². The molecule has 1 unspecified atom stereocenters. The lowest BCUT2D eigenvalue weighted by Gasteiger charge is -2.18. The number of methoxy groups -OCH3 is 2. The summed E-state index contributed by atoms with van der Waals surface area (Å²) < 4.78 is 16.5. The van der Waals surface area contributed by atoms with Crippen molar-refractivity contribution < 1.29 is 19.0 Å². The van der Waals surface area contributed by atoms with Crippen LogP contribution < -0.4 is 20.1 Å². The fourth-order valence-corrected chi connectivity index (χ4v) is 3.70. The number of hydrogen-bond acceptors (Lipinski definition) is 6. The van der Waals surface area contributed by atoms with Crippen molar-refractivity contribution in [2.75, 3.05) is 24.9 Å². The maximum atomic E-state index is 12.8. The highest BCUT2D eigenvalue weighted by Crippen LogP contribution is 2.32. The second kappa shape index (κ2) is 11.1. The maximum Gasteiger partial charge on any atom is 0.340 e. The number of carbonyl (C=O) groups excluding carboxylic acids is 1. The van der Waals surface area contributed by atoms with E-state index in [-0.39, 0.29) is 0 Å². The van der Waals surface area contributed by atoms with Crippen LogP contribution in [0.1, 0.15) is 17.3 Å². The molecule has 0 heterocycles. The molecule has 0 aliphatic heterocycles. The molecule has 6 nitrogen and oxygen atoms in total. The second-order valence-electron chi connectivity index (χ2n) is 7.91. The normalized spacial score (nSPS) is 11.3. The molecule has 35 heavy (non-hydrogen) atoms. The van der Waals surface area contributed by atoms with E-state index in [0.717, 1.165) is 33.9 Å². The molecule has 0 saturated heterocycles. The molecule has 0 aliphatic carbocycles. The highest BCUT2D eigenvalue weighted by molar-refractivity contribution is 5.91. The molecule has 6 heteroatoms. The molecule has 2 N–H and O–H groups in total. The van der Waals surface area contributed by atoms with Gasteiger partial charge in [0.25, 0.3) is 0 Å². The predicted octanol–water partition coefficient (Wildman–Crippen LogP) is 6.73. The van der Waals surface area contributed by atoms with E-state index in [4.69, 9.17) is 14.2 Å². The molecule has 0 radical (unpaired) electrons. The van der Waals surface area contributed by atoms with Crippen LogP contribution in [-0.4, -0.2) is 26.4 Å². The van der Waals surface area contributed by atoms with Gasteiger partial charge in [-0.3, -0.25) is 0 Å². The third-order valence-electron chi connectivity index (χ3n) is 5.41. The van der Waals surface area contributed by atoms with Gasteiger partial charge in [0.05, 0.1) is 25.5 Å². The van der Waals surface area contributed by atoms with Crippen molar-refractivity contribution >= 4 is 23.0 Å². The topological polar surface area (TPSA) is 68.8 Å². The van der Waals surface area contributed by atoms with Gasteiger partial charge in [0, 0.05) is 17.4 Å². The number of hydrogen-bond donors (Lipinski definition) is 2. The van der Waals surface area contributed by atoms with E-state index in [1.54, 1.807) is 27.2 Å². The van der Waals surface area contributed by atoms with Crippen LogP contribution in [0.5, 0.6) is 11.5 Å². The highest BCUT2D eigenvalue weighted by Gasteiger charge is 2.14. The number of carbonyl (C=O) groups is 1. The molecule has 4 aromatic carbocycles. The molecule has 178 valence electrons. The van der Waals surface area contributed by atoms with Gasteiger partial charge in [-0.15, -0.1) is 0 Å². The first kappa shape index (κ1) is 23.7. The van der Waals surface area contributed by atoms with Gasteiger partial charge in [-0.05, 0) is 60.5 Å². The lowest BCUT2D eigenvalue weighted by atomic mass is 10.0. The Morgan fingerprint density at radius 3 is 2.29 bits per heavy atom. The van der Waals surface area contributed by atoms with Gasteiger partial charge in [0.15, 0.2) is 6.23 Å². The molecule has 0 saturated carbocycles. The molecule has 4 aromatic rings. The Labute approximate surface area is 205 Å². The average Bonchev–Trinajstić information content (AvgIpc) is 2.89. The van der Waals surface area contributed by atoms with Crippen LogP contribution in [0.15, 0.2) is 97.1 Å². The quantitative estimate of drug-likeness (QED) is 0.210. The first-order chi connectivity index (χ1) is 17.1. The average molecular weight is 469 g/mol. The standard InChI is InChI=1S/C29H28N2O4/c1-20(35-29(32)23-12-7-11-22(17-23)21-9-5-4-6-10-21)30-25-15-16-28(34-3)27(19-25)31-24-13-8-14-26(18-24)33-2/h4-20,30-31H,1-3H3. The minimum absolute atomic E-state index is 0.397. The lowest BCUT2D eigenvalue weighted by Crippen LogP contribution is -2.23. The number of rotatable bonds is 9. The van der Waals surface area contributed by atoms with E-state index in [9.17, 15) is 4.79 Å². The fourth-order valence-electron chi connectivity index (χ4n) is 3.70. The van der Waals surface area contributed by atoms with E-state index in [0.29, 0.717) is 11.3 Å². The summed E-state index contributed by atoms with van der Waals surface area (Å²) in [4.78, 5) is 12.8. The number of benzene rings is 4. The van der Waals surface area contributed by atoms with Gasteiger partial charge in [0.2, 0.25) is 0 Å². The lowest BCUT2D eigenvalue weighted by molar-refractivity contribution is 0.0393. The zero-order valence-electron chi connectivity index (χ0n) is 19.9. The molecule has 1 atom stereocenters. The molecule has 4 rings (SSSR count). The molecule has 0 bridgehead atoms. The summed E-state index contributed by atoms with van der Waals surface area (Å²) in [5.41, 5.74) is 4.90. The van der Waals surface area contributed by atoms with Gasteiger partial charge < -0.3 is 24.8 Å². The molecule has 0 fully saturated rings. The molecule has 0 amide bonds. The molecule has 0 aromatic heterocycles. The van der Waals surface area contributed by atoms with E-state index in [1.165, 1.54) is 0 Å². The third kappa shape index (κ3) is 6.12. The Morgan fingerprint density at radius 1 is 0.743 bits per heavy atom. The van der Waals surface area contributed by atoms with Crippen molar-refractivity contribution in [1.82, 2.24) is 0 Å². The zero-order chi connectivity index (χ0) is 24.6. The zero-order valence-corrected chi connectivity index (χ0v) is 19.9. The van der Waals surface area contributed by atoms with Crippen molar-refractivity contribution in [3.8, 4) is 22.6 Å². The van der Waals surface area contributed by atoms with E-state index >= 15 is 0 Å². The van der Waals surface area contributed by atoms with Gasteiger partial charge >= 0.3 is 5.97 Å². The van der Waals surface area contributed by atoms with Gasteiger partial charge in [-0.25, -0.2) is 4.79 Å². The minimum Gasteiger partial charge on any atom is -0.497 e. The van der Waals surface area contributed by atoms with Crippen molar-refractivity contribution in [3.05, 3.63) is 103 Å². The highest BCUT2D eigenvalue weighted by atomic mass is 16.6. The van der Waals surface area contributed by atoms with E-state index in [1.807, 2.05) is 91.0 Å². The Morgan fingerprint density at radius 2 is 1.51 bits per heavy atom. The summed E-state index contributed by atoms with van der Waals surface area (Å²) in [6, 6.07) is 30.6. The van der Waals surface area contributed by atoms with Crippen LogP contribution in [0.2, 0.25) is 0 Å². The van der Waals surface area contributed by atoms with Crippen LogP contribution in [-0.2, 0) is 4.74 Å². The first-order valence-corrected chi connectivity index (χ1v) is 11.3. The van der Waals surface area contributed by atoms with Gasteiger partial charge in [-0.2, -0.15) is 0 Å². The number of nitrogens with one attached hydrogen (secondary N) is 2. The fraction of sp³-hybridized carbons (Fsp3) is 0.138. The molecular weight excluding hydrogens is 440 g/mol. The smallest absolute Gasteiger partial charge is 0.340 e. The molecule has 0 spiro atoms. The summed E-state index contributed by atoms with van der Waals surface area (Å²) >= 11 is 0. The Balaban J connectivity index is 1.44. The van der Waals surface area contributed by atoms with E-state index < -0.39 is 12.2 Å². The second-order valence-corrected chi connectivity index (χ2v) is 7.91. The third-order valence-corrected chi connectivity index (χ3v) is 5.41. The number of ether oxygens (including phenoxy) is 3. The van der Waals surface area contributed by atoms with Crippen LogP contribution >= 0.6 is 0 Å². The van der Waals surface area contributed by atoms with Crippen molar-refractivity contribution in [2.45, 2.75) is 13.2 Å². The van der Waals surface area contributed by atoms with E-state index in [2.05, 4.69) is 10.6 Å². The summed E-state index contributed by atoms with van der Waals surface area (Å²) in [6.45, 7) is 1.79. The van der Waals surface area contributed by atoms with Crippen LogP contribution in [0.25, 0.3) is 11.1 Å². The maximum absolute atomic E-state index is 12.8. The monoisotopic (exact) mass is 468 g/mol. The summed E-state index contributed by atoms with van der Waals surface area (Å²) in [5.74, 6) is 1.03. The largest absolute Gasteiger partial charge is 0.497 e. The van der Waals surface area contributed by atoms with Crippen molar-refractivity contribution in [1.29, 1.82) is 0 Å². The molecule has 0 aliphatic rings. The summed E-state index contributed by atoms with van der Waals surface area (Å²) in [6.07, 6.45) is -0.555. The van der Waals surface area contributed by atoms with Gasteiger partial charge in [-0.1, -0.05) is 48.5 Å². The summed E-state index contributed by atoms with van der Waals surface area (Å²) in [5, 5.41) is 6.57. The molecular formula is C29H28N2O4. The van der Waals surface area contributed by atoms with Crippen LogP contribution in [0.4, 0.5) is 17.1 Å². The van der Waals surface area contributed by atoms with Crippen molar-refractivity contribution in [3.63, 3.8) is 0 Å². The summed E-state index contributed by atoms with van der Waals surface area (Å²) in [7, 11) is 3.25. The van der Waals surface area contributed by atoms with Gasteiger partial charge in [0.1, 0.15) is 11.5 Å². The predicted molar refractivity (Wildman–Crippen MR) is 140 cm³/mol. The SMILES string of the molecule is COc1cccc(Nc2cc(NC(C)OC(=O)c3cccc(-c4ccccc4)c3)ccc2OC)c1. The first-order valence-electron chi connectivity index (χ1n) is 11.3. The number of esters is 1. The Kier molecular flexibility index (Phi) is 7.53. The number of anilines is 3. The van der Waals surface area contributed by atoms with Crippen molar-refractivity contribution in [2.24, 2.45) is 0 Å². The Hall–Kier alpha value is -4.45. The Bertz CT molecular complexity index is 1290. The minimum atomic E-state index is -0.555.